The van der Waals surface area contributed by atoms with Crippen molar-refractivity contribution in [2.45, 2.75) is 53.4 Å². The van der Waals surface area contributed by atoms with E-state index in [0.717, 1.165) is 6.54 Å². The molecule has 0 bridgehead atoms. The van der Waals surface area contributed by atoms with Crippen LogP contribution in [0.4, 0.5) is 0 Å². The average molecular weight is 226 g/mol. The van der Waals surface area contributed by atoms with Gasteiger partial charge in [0.15, 0.2) is 0 Å². The molecule has 0 aromatic carbocycles. The van der Waals surface area contributed by atoms with E-state index in [0.29, 0.717) is 10.8 Å². The van der Waals surface area contributed by atoms with E-state index in [4.69, 9.17) is 5.73 Å². The van der Waals surface area contributed by atoms with Crippen LogP contribution in [0.25, 0.3) is 0 Å². The molecule has 2 heteroatoms. The van der Waals surface area contributed by atoms with Gasteiger partial charge in [0.1, 0.15) is 0 Å². The maximum absolute atomic E-state index is 5.78. The third-order valence-corrected chi connectivity index (χ3v) is 4.67. The molecule has 2 N–H and O–H groups in total. The first-order valence-corrected chi connectivity index (χ1v) is 6.89. The van der Waals surface area contributed by atoms with Crippen molar-refractivity contribution in [2.75, 3.05) is 26.2 Å². The fourth-order valence-corrected chi connectivity index (χ4v) is 2.61. The van der Waals surface area contributed by atoms with Gasteiger partial charge in [0.2, 0.25) is 0 Å². The van der Waals surface area contributed by atoms with E-state index in [1.54, 1.807) is 0 Å². The fourth-order valence-electron chi connectivity index (χ4n) is 2.61. The number of hydrogen-bond donors (Lipinski definition) is 1. The minimum atomic E-state index is 0.309. The topological polar surface area (TPSA) is 29.3 Å². The Morgan fingerprint density at radius 1 is 1.25 bits per heavy atom. The molecule has 0 aliphatic carbocycles. The molecule has 1 saturated heterocycles. The molecule has 1 rings (SSSR count). The first-order valence-electron chi connectivity index (χ1n) is 6.89. The van der Waals surface area contributed by atoms with E-state index in [9.17, 15) is 0 Å². The lowest BCUT2D eigenvalue weighted by atomic mass is 9.82. The van der Waals surface area contributed by atoms with Crippen LogP contribution >= 0.6 is 0 Å². The summed E-state index contributed by atoms with van der Waals surface area (Å²) in [6.45, 7) is 13.9. The molecular weight excluding hydrogens is 196 g/mol. The Hall–Kier alpha value is -0.0800. The highest BCUT2D eigenvalue weighted by molar-refractivity contribution is 4.88. The predicted octanol–water partition coefficient (Wildman–Crippen LogP) is 2.87. The summed E-state index contributed by atoms with van der Waals surface area (Å²) in [6.07, 6.45) is 5.29. The molecule has 96 valence electrons. The van der Waals surface area contributed by atoms with Gasteiger partial charge in [0.05, 0.1) is 0 Å². The molecule has 1 aliphatic rings. The zero-order valence-electron chi connectivity index (χ0n) is 11.7. The van der Waals surface area contributed by atoms with Crippen LogP contribution in [-0.2, 0) is 0 Å². The third-order valence-electron chi connectivity index (χ3n) is 4.67. The Morgan fingerprint density at radius 2 is 1.88 bits per heavy atom. The molecule has 16 heavy (non-hydrogen) atoms. The van der Waals surface area contributed by atoms with Crippen molar-refractivity contribution in [1.82, 2.24) is 4.90 Å². The summed E-state index contributed by atoms with van der Waals surface area (Å²) >= 11 is 0. The van der Waals surface area contributed by atoms with Crippen LogP contribution in [0.1, 0.15) is 53.4 Å². The molecule has 0 unspecified atom stereocenters. The van der Waals surface area contributed by atoms with Gasteiger partial charge in [-0.1, -0.05) is 27.7 Å². The molecule has 2 nitrogen and oxygen atoms in total. The quantitative estimate of drug-likeness (QED) is 0.754. The normalized spacial score (nSPS) is 21.6. The molecular formula is C14H30N2. The van der Waals surface area contributed by atoms with Crippen LogP contribution in [0.2, 0.25) is 0 Å². The summed E-state index contributed by atoms with van der Waals surface area (Å²) in [4.78, 5) is 2.64. The highest BCUT2D eigenvalue weighted by Gasteiger charge is 2.34. The van der Waals surface area contributed by atoms with Gasteiger partial charge in [-0.2, -0.15) is 0 Å². The lowest BCUT2D eigenvalue weighted by molar-refractivity contribution is 0.213. The van der Waals surface area contributed by atoms with Gasteiger partial charge < -0.3 is 10.6 Å². The second-order valence-electron chi connectivity index (χ2n) is 6.35. The van der Waals surface area contributed by atoms with Crippen molar-refractivity contribution >= 4 is 0 Å². The summed E-state index contributed by atoms with van der Waals surface area (Å²) in [5.74, 6) is 0. The first-order chi connectivity index (χ1) is 7.47. The molecule has 0 radical (unpaired) electrons. The van der Waals surface area contributed by atoms with Crippen LogP contribution in [0.3, 0.4) is 0 Å². The van der Waals surface area contributed by atoms with Crippen LogP contribution in [0.15, 0.2) is 0 Å². The SMILES string of the molecule is CCC1(CC)CCN(CCC(C)(C)CN)C1. The lowest BCUT2D eigenvalue weighted by Crippen LogP contribution is -2.32. The second kappa shape index (κ2) is 5.50. The standard InChI is InChI=1S/C14H30N2/c1-5-14(6-2)8-10-16(12-14)9-7-13(3,4)11-15/h5-12,15H2,1-4H3. The summed E-state index contributed by atoms with van der Waals surface area (Å²) < 4.78 is 0. The second-order valence-corrected chi connectivity index (χ2v) is 6.35. The van der Waals surface area contributed by atoms with Crippen molar-refractivity contribution in [3.63, 3.8) is 0 Å². The summed E-state index contributed by atoms with van der Waals surface area (Å²) in [7, 11) is 0. The van der Waals surface area contributed by atoms with Crippen LogP contribution in [-0.4, -0.2) is 31.1 Å². The number of hydrogen-bond acceptors (Lipinski definition) is 2. The minimum absolute atomic E-state index is 0.309. The summed E-state index contributed by atoms with van der Waals surface area (Å²) in [5, 5.41) is 0. The maximum Gasteiger partial charge on any atom is 0.00382 e. The van der Waals surface area contributed by atoms with Crippen molar-refractivity contribution in [1.29, 1.82) is 0 Å². The van der Waals surface area contributed by atoms with Gasteiger partial charge in [0, 0.05) is 6.54 Å². The monoisotopic (exact) mass is 226 g/mol. The van der Waals surface area contributed by atoms with Gasteiger partial charge in [-0.25, -0.2) is 0 Å². The van der Waals surface area contributed by atoms with Crippen molar-refractivity contribution in [3.8, 4) is 0 Å². The molecule has 0 aromatic rings. The van der Waals surface area contributed by atoms with E-state index in [-0.39, 0.29) is 0 Å². The zero-order chi connectivity index (χ0) is 12.2. The Kier molecular flexibility index (Phi) is 4.81. The van der Waals surface area contributed by atoms with Crippen LogP contribution in [0.5, 0.6) is 0 Å². The third kappa shape index (κ3) is 3.46. The highest BCUT2D eigenvalue weighted by Crippen LogP contribution is 2.37. The van der Waals surface area contributed by atoms with Gasteiger partial charge in [-0.05, 0) is 56.1 Å². The summed E-state index contributed by atoms with van der Waals surface area (Å²) in [6, 6.07) is 0. The zero-order valence-corrected chi connectivity index (χ0v) is 11.7. The molecule has 1 aliphatic heterocycles. The van der Waals surface area contributed by atoms with Gasteiger partial charge >= 0.3 is 0 Å². The molecule has 1 fully saturated rings. The van der Waals surface area contributed by atoms with E-state index in [1.165, 1.54) is 45.3 Å². The smallest absolute Gasteiger partial charge is 0.00382 e. The maximum atomic E-state index is 5.78. The molecule has 0 atom stereocenters. The van der Waals surface area contributed by atoms with E-state index in [1.807, 2.05) is 0 Å². The van der Waals surface area contributed by atoms with Gasteiger partial charge in [0.25, 0.3) is 0 Å². The van der Waals surface area contributed by atoms with Crippen molar-refractivity contribution in [3.05, 3.63) is 0 Å². The Bertz CT molecular complexity index is 207. The first kappa shape index (κ1) is 14.0. The summed E-state index contributed by atoms with van der Waals surface area (Å²) in [5.41, 5.74) is 6.71. The van der Waals surface area contributed by atoms with Gasteiger partial charge in [-0.15, -0.1) is 0 Å². The van der Waals surface area contributed by atoms with Gasteiger partial charge in [-0.3, -0.25) is 0 Å². The number of rotatable bonds is 6. The molecule has 0 saturated carbocycles. The van der Waals surface area contributed by atoms with Crippen LogP contribution in [0, 0.1) is 10.8 Å². The number of nitrogens with zero attached hydrogens (tertiary/aromatic N) is 1. The molecule has 0 spiro atoms. The predicted molar refractivity (Wildman–Crippen MR) is 71.5 cm³/mol. The van der Waals surface area contributed by atoms with Crippen LogP contribution < -0.4 is 5.73 Å². The molecule has 1 heterocycles. The van der Waals surface area contributed by atoms with E-state index in [2.05, 4.69) is 32.6 Å². The van der Waals surface area contributed by atoms with Crippen molar-refractivity contribution in [2.24, 2.45) is 16.6 Å². The molecule has 0 amide bonds. The highest BCUT2D eigenvalue weighted by atomic mass is 15.2. The fraction of sp³-hybridized carbons (Fsp3) is 1.00. The Labute approximate surface area is 102 Å². The lowest BCUT2D eigenvalue weighted by Gasteiger charge is -2.29. The van der Waals surface area contributed by atoms with E-state index < -0.39 is 0 Å². The van der Waals surface area contributed by atoms with E-state index >= 15 is 0 Å². The Balaban J connectivity index is 2.37. The average Bonchev–Trinajstić information content (AvgIpc) is 2.71. The minimum Gasteiger partial charge on any atom is -0.330 e. The number of likely N-dealkylation sites (tertiary alicyclic amines) is 1. The number of nitrogens with two attached hydrogens (primary N) is 1. The van der Waals surface area contributed by atoms with Crippen molar-refractivity contribution < 1.29 is 0 Å². The largest absolute Gasteiger partial charge is 0.330 e. The Morgan fingerprint density at radius 3 is 2.31 bits per heavy atom. The molecule has 0 aromatic heterocycles.